The predicted molar refractivity (Wildman–Crippen MR) is 102 cm³/mol. The Bertz CT molecular complexity index is 1000. The summed E-state index contributed by atoms with van der Waals surface area (Å²) in [6, 6.07) is 12.7. The van der Waals surface area contributed by atoms with Crippen molar-refractivity contribution in [1.29, 1.82) is 5.26 Å². The van der Waals surface area contributed by atoms with Crippen molar-refractivity contribution in [1.82, 2.24) is 5.32 Å². The molecule has 148 valence electrons. The van der Waals surface area contributed by atoms with Crippen molar-refractivity contribution in [3.05, 3.63) is 60.2 Å². The molecule has 1 N–H and O–H groups in total. The Hall–Kier alpha value is -3.32. The first kappa shape index (κ1) is 20.4. The van der Waals surface area contributed by atoms with E-state index in [-0.39, 0.29) is 17.3 Å². The monoisotopic (exact) mass is 418 g/mol. The Labute approximate surface area is 168 Å². The van der Waals surface area contributed by atoms with Crippen molar-refractivity contribution in [3.63, 3.8) is 0 Å². The molecule has 1 aliphatic heterocycles. The van der Waals surface area contributed by atoms with Gasteiger partial charge in [0.2, 0.25) is 11.8 Å². The molecule has 1 atom stereocenters. The minimum atomic E-state index is -4.60. The molecule has 0 aliphatic carbocycles. The third kappa shape index (κ3) is 4.75. The number of nitrogens with one attached hydrogen (secondary N) is 1. The summed E-state index contributed by atoms with van der Waals surface area (Å²) in [6.07, 6.45) is -3.10. The number of amides is 2. The van der Waals surface area contributed by atoms with E-state index >= 15 is 0 Å². The molecule has 1 saturated heterocycles. The zero-order chi connectivity index (χ0) is 21.0. The van der Waals surface area contributed by atoms with Gasteiger partial charge in [0.25, 0.3) is 0 Å². The van der Waals surface area contributed by atoms with Crippen molar-refractivity contribution in [2.75, 3.05) is 4.90 Å². The number of benzene rings is 2. The average Bonchev–Trinajstić information content (AvgIpc) is 2.95. The number of aliphatic imine (C=N–C) groups is 1. The lowest BCUT2D eigenvalue weighted by Gasteiger charge is -2.17. The number of hydrogen-bond acceptors (Lipinski definition) is 5. The molecule has 29 heavy (non-hydrogen) atoms. The predicted octanol–water partition coefficient (Wildman–Crippen LogP) is 3.83. The van der Waals surface area contributed by atoms with Crippen LogP contribution in [0.5, 0.6) is 0 Å². The van der Waals surface area contributed by atoms with Crippen LogP contribution in [0.3, 0.4) is 0 Å². The number of carbonyl (C=O) groups is 2. The second-order valence-electron chi connectivity index (χ2n) is 5.92. The Morgan fingerprint density at radius 2 is 1.90 bits per heavy atom. The van der Waals surface area contributed by atoms with E-state index in [0.29, 0.717) is 5.69 Å². The summed E-state index contributed by atoms with van der Waals surface area (Å²) in [6.45, 7) is 0. The highest BCUT2D eigenvalue weighted by atomic mass is 32.2. The standard InChI is InChI=1S/C19H13F3N4O2S/c20-19(21,22)12-5-4-8-14(9-12)26-16(27)10-15(17(26)28)29-18(24-11-23)25-13-6-2-1-3-7-13/h1-9,15H,10H2,(H,24,25)/t15-/m1/s1. The number of imide groups is 1. The molecule has 3 rings (SSSR count). The van der Waals surface area contributed by atoms with E-state index in [9.17, 15) is 22.8 Å². The summed E-state index contributed by atoms with van der Waals surface area (Å²) in [5, 5.41) is 10.5. The van der Waals surface area contributed by atoms with Crippen LogP contribution in [0, 0.1) is 11.5 Å². The molecule has 0 unspecified atom stereocenters. The first-order chi connectivity index (χ1) is 13.8. The highest BCUT2D eigenvalue weighted by Crippen LogP contribution is 2.35. The maximum absolute atomic E-state index is 12.9. The molecule has 10 heteroatoms. The van der Waals surface area contributed by atoms with Crippen molar-refractivity contribution < 1.29 is 22.8 Å². The number of halogens is 3. The lowest BCUT2D eigenvalue weighted by molar-refractivity contribution is -0.137. The van der Waals surface area contributed by atoms with Crippen LogP contribution in [0.1, 0.15) is 12.0 Å². The van der Waals surface area contributed by atoms with Crippen LogP contribution in [-0.4, -0.2) is 22.2 Å². The second kappa shape index (κ2) is 8.36. The largest absolute Gasteiger partial charge is 0.416 e. The van der Waals surface area contributed by atoms with Crippen molar-refractivity contribution in [3.8, 4) is 6.19 Å². The number of nitrogens with zero attached hydrogens (tertiary/aromatic N) is 3. The first-order valence-electron chi connectivity index (χ1n) is 8.29. The lowest BCUT2D eigenvalue weighted by atomic mass is 10.2. The topological polar surface area (TPSA) is 85.6 Å². The van der Waals surface area contributed by atoms with Gasteiger partial charge in [-0.1, -0.05) is 36.0 Å². The number of amidine groups is 1. The Balaban J connectivity index is 1.83. The molecular weight excluding hydrogens is 405 g/mol. The summed E-state index contributed by atoms with van der Waals surface area (Å²) in [5.41, 5.74) is -0.568. The summed E-state index contributed by atoms with van der Waals surface area (Å²) >= 11 is 0.874. The van der Waals surface area contributed by atoms with Gasteiger partial charge >= 0.3 is 6.18 Å². The van der Waals surface area contributed by atoms with E-state index in [1.165, 1.54) is 6.07 Å². The number of thioether (sulfide) groups is 1. The van der Waals surface area contributed by atoms with E-state index in [4.69, 9.17) is 5.26 Å². The number of carbonyl (C=O) groups excluding carboxylic acids is 2. The summed E-state index contributed by atoms with van der Waals surface area (Å²) in [7, 11) is 0. The molecule has 2 aromatic rings. The van der Waals surface area contributed by atoms with E-state index in [2.05, 4.69) is 10.3 Å². The van der Waals surface area contributed by atoms with Crippen LogP contribution >= 0.6 is 11.8 Å². The zero-order valence-electron chi connectivity index (χ0n) is 14.7. The molecule has 2 amide bonds. The van der Waals surface area contributed by atoms with E-state index in [1.807, 2.05) is 0 Å². The maximum Gasteiger partial charge on any atom is 0.416 e. The molecule has 0 bridgehead atoms. The van der Waals surface area contributed by atoms with Gasteiger partial charge in [-0.25, -0.2) is 9.89 Å². The van der Waals surface area contributed by atoms with E-state index < -0.39 is 28.8 Å². The Kier molecular flexibility index (Phi) is 5.89. The van der Waals surface area contributed by atoms with E-state index in [0.717, 1.165) is 34.9 Å². The normalized spacial score (nSPS) is 17.4. The fourth-order valence-electron chi connectivity index (χ4n) is 2.67. The maximum atomic E-state index is 12.9. The minimum absolute atomic E-state index is 0.107. The van der Waals surface area contributed by atoms with Gasteiger partial charge in [-0.3, -0.25) is 14.9 Å². The van der Waals surface area contributed by atoms with Crippen LogP contribution in [0.25, 0.3) is 0 Å². The highest BCUT2D eigenvalue weighted by molar-refractivity contribution is 8.15. The summed E-state index contributed by atoms with van der Waals surface area (Å²) in [4.78, 5) is 30.0. The number of alkyl halides is 3. The number of para-hydroxylation sites is 1. The molecule has 0 spiro atoms. The zero-order valence-corrected chi connectivity index (χ0v) is 15.5. The molecule has 1 heterocycles. The minimum Gasteiger partial charge on any atom is -0.274 e. The van der Waals surface area contributed by atoms with Crippen LogP contribution < -0.4 is 10.2 Å². The fourth-order valence-corrected chi connectivity index (χ4v) is 3.64. The van der Waals surface area contributed by atoms with Gasteiger partial charge in [0.05, 0.1) is 16.9 Å². The molecule has 0 radical (unpaired) electrons. The van der Waals surface area contributed by atoms with Crippen molar-refractivity contribution in [2.24, 2.45) is 4.99 Å². The SMILES string of the molecule is N#CNC(=Nc1ccccc1)S[C@@H]1CC(=O)N(c2cccc(C(F)(F)F)c2)C1=O. The van der Waals surface area contributed by atoms with Gasteiger partial charge in [0, 0.05) is 6.42 Å². The first-order valence-corrected chi connectivity index (χ1v) is 9.17. The van der Waals surface area contributed by atoms with Gasteiger partial charge in [0.1, 0.15) is 5.25 Å². The van der Waals surface area contributed by atoms with E-state index in [1.54, 1.807) is 36.5 Å². The van der Waals surface area contributed by atoms with Crippen LogP contribution in [-0.2, 0) is 15.8 Å². The molecule has 1 aliphatic rings. The lowest BCUT2D eigenvalue weighted by Crippen LogP contribution is -2.32. The highest BCUT2D eigenvalue weighted by Gasteiger charge is 2.41. The molecule has 2 aromatic carbocycles. The third-order valence-electron chi connectivity index (χ3n) is 3.94. The average molecular weight is 418 g/mol. The summed E-state index contributed by atoms with van der Waals surface area (Å²) in [5.74, 6) is -1.29. The summed E-state index contributed by atoms with van der Waals surface area (Å²) < 4.78 is 38.8. The van der Waals surface area contributed by atoms with Gasteiger partial charge in [-0.05, 0) is 30.3 Å². The van der Waals surface area contributed by atoms with Gasteiger partial charge in [-0.15, -0.1) is 0 Å². The van der Waals surface area contributed by atoms with Crippen LogP contribution in [0.15, 0.2) is 59.6 Å². The molecule has 1 fully saturated rings. The molecule has 0 saturated carbocycles. The van der Waals surface area contributed by atoms with Crippen LogP contribution in [0.2, 0.25) is 0 Å². The number of rotatable bonds is 3. The van der Waals surface area contributed by atoms with Crippen molar-refractivity contribution in [2.45, 2.75) is 17.8 Å². The van der Waals surface area contributed by atoms with Gasteiger partial charge < -0.3 is 0 Å². The fraction of sp³-hybridized carbons (Fsp3) is 0.158. The number of nitriles is 1. The Morgan fingerprint density at radius 3 is 2.55 bits per heavy atom. The quantitative estimate of drug-likeness (QED) is 0.269. The molecular formula is C19H13F3N4O2S. The van der Waals surface area contributed by atoms with Gasteiger partial charge in [0.15, 0.2) is 11.4 Å². The molecule has 6 nitrogen and oxygen atoms in total. The molecule has 0 aromatic heterocycles. The number of anilines is 1. The number of hydrogen-bond donors (Lipinski definition) is 1. The van der Waals surface area contributed by atoms with Crippen molar-refractivity contribution >= 4 is 40.1 Å². The van der Waals surface area contributed by atoms with Crippen LogP contribution in [0.4, 0.5) is 24.5 Å². The smallest absolute Gasteiger partial charge is 0.274 e. The van der Waals surface area contributed by atoms with Gasteiger partial charge in [-0.2, -0.15) is 18.4 Å². The second-order valence-corrected chi connectivity index (χ2v) is 7.11. The third-order valence-corrected chi connectivity index (χ3v) is 5.01. The Morgan fingerprint density at radius 1 is 1.17 bits per heavy atom.